The predicted octanol–water partition coefficient (Wildman–Crippen LogP) is 3.35. The van der Waals surface area contributed by atoms with E-state index in [0.29, 0.717) is 11.7 Å². The molecule has 1 rings (SSSR count). The van der Waals surface area contributed by atoms with Gasteiger partial charge in [-0.15, -0.1) is 0 Å². The molecule has 74 valence electrons. The van der Waals surface area contributed by atoms with Crippen LogP contribution >= 0.6 is 0 Å². The zero-order chi connectivity index (χ0) is 9.68. The summed E-state index contributed by atoms with van der Waals surface area (Å²) >= 11 is 0. The molecule has 0 radical (unpaired) electrons. The monoisotopic (exact) mass is 180 g/mol. The van der Waals surface area contributed by atoms with Crippen molar-refractivity contribution in [3.05, 3.63) is 12.2 Å². The summed E-state index contributed by atoms with van der Waals surface area (Å²) in [5.74, 6) is 0.959. The second-order valence-electron chi connectivity index (χ2n) is 4.25. The van der Waals surface area contributed by atoms with Crippen LogP contribution in [0.25, 0.3) is 0 Å². The van der Waals surface area contributed by atoms with Gasteiger partial charge in [-0.05, 0) is 25.7 Å². The molecule has 1 aliphatic rings. The van der Waals surface area contributed by atoms with Crippen molar-refractivity contribution in [3.63, 3.8) is 0 Å². The van der Waals surface area contributed by atoms with Crippen LogP contribution in [0.2, 0.25) is 0 Å². The van der Waals surface area contributed by atoms with Crippen LogP contribution in [-0.2, 0) is 4.79 Å². The van der Waals surface area contributed by atoms with E-state index in [1.54, 1.807) is 0 Å². The van der Waals surface area contributed by atoms with E-state index >= 15 is 0 Å². The maximum Gasteiger partial charge on any atom is 0.138 e. The number of hydrogen-bond donors (Lipinski definition) is 0. The predicted molar refractivity (Wildman–Crippen MR) is 55.6 cm³/mol. The van der Waals surface area contributed by atoms with Crippen molar-refractivity contribution in [2.45, 2.75) is 46.0 Å². The summed E-state index contributed by atoms with van der Waals surface area (Å²) in [6.07, 6.45) is 10.1. The number of allylic oxidation sites excluding steroid dienone is 2. The highest BCUT2D eigenvalue weighted by atomic mass is 16.1. The van der Waals surface area contributed by atoms with Crippen molar-refractivity contribution in [2.24, 2.45) is 11.8 Å². The van der Waals surface area contributed by atoms with E-state index < -0.39 is 0 Å². The third-order valence-electron chi connectivity index (χ3n) is 2.73. The van der Waals surface area contributed by atoms with E-state index in [4.69, 9.17) is 0 Å². The van der Waals surface area contributed by atoms with Gasteiger partial charge < -0.3 is 0 Å². The van der Waals surface area contributed by atoms with Crippen LogP contribution in [0, 0.1) is 11.8 Å². The van der Waals surface area contributed by atoms with Crippen LogP contribution in [0.4, 0.5) is 0 Å². The van der Waals surface area contributed by atoms with E-state index in [9.17, 15) is 4.79 Å². The molecule has 0 bridgehead atoms. The molecule has 0 N–H and O–H groups in total. The molecular weight excluding hydrogens is 160 g/mol. The van der Waals surface area contributed by atoms with Gasteiger partial charge in [-0.3, -0.25) is 4.79 Å². The Hall–Kier alpha value is -0.590. The number of Topliss-reactive ketones (excluding diaryl/α,β-unsaturated/α-hetero) is 1. The molecule has 1 heteroatoms. The maximum atomic E-state index is 11.7. The summed E-state index contributed by atoms with van der Waals surface area (Å²) in [7, 11) is 0. The standard InChI is InChI=1S/C12H20O/c1-10(2)12(13)11-8-6-4-3-5-7-9-11/h4,6,10-11H,3,5,7-9H2,1-2H3. The van der Waals surface area contributed by atoms with Crippen molar-refractivity contribution in [3.8, 4) is 0 Å². The summed E-state index contributed by atoms with van der Waals surface area (Å²) in [4.78, 5) is 11.7. The summed E-state index contributed by atoms with van der Waals surface area (Å²) in [6.45, 7) is 4.01. The molecule has 0 saturated carbocycles. The lowest BCUT2D eigenvalue weighted by Crippen LogP contribution is -2.19. The molecule has 1 unspecified atom stereocenters. The SMILES string of the molecule is CC(C)C(=O)C1CC=CCCCC1. The Morgan fingerprint density at radius 3 is 2.77 bits per heavy atom. The quantitative estimate of drug-likeness (QED) is 0.596. The molecule has 0 aliphatic heterocycles. The van der Waals surface area contributed by atoms with Crippen molar-refractivity contribution in [1.29, 1.82) is 0 Å². The van der Waals surface area contributed by atoms with E-state index in [0.717, 1.165) is 12.8 Å². The fourth-order valence-electron chi connectivity index (χ4n) is 1.88. The summed E-state index contributed by atoms with van der Waals surface area (Å²) in [5, 5.41) is 0. The van der Waals surface area contributed by atoms with Gasteiger partial charge in [-0.2, -0.15) is 0 Å². The number of hydrogen-bond acceptors (Lipinski definition) is 1. The molecule has 1 aliphatic carbocycles. The minimum Gasteiger partial charge on any atom is -0.299 e. The molecular formula is C12H20O. The molecule has 13 heavy (non-hydrogen) atoms. The van der Waals surface area contributed by atoms with E-state index in [-0.39, 0.29) is 5.92 Å². The third kappa shape index (κ3) is 3.33. The molecule has 0 heterocycles. The minimum atomic E-state index is 0.206. The molecule has 0 saturated heterocycles. The Morgan fingerprint density at radius 1 is 1.31 bits per heavy atom. The normalized spacial score (nSPS) is 24.1. The molecule has 0 spiro atoms. The molecule has 0 aromatic rings. The van der Waals surface area contributed by atoms with Gasteiger partial charge in [0.05, 0.1) is 0 Å². The smallest absolute Gasteiger partial charge is 0.138 e. The lowest BCUT2D eigenvalue weighted by atomic mass is 9.86. The van der Waals surface area contributed by atoms with Crippen molar-refractivity contribution in [2.75, 3.05) is 0 Å². The van der Waals surface area contributed by atoms with Gasteiger partial charge >= 0.3 is 0 Å². The fraction of sp³-hybridized carbons (Fsp3) is 0.750. The Labute approximate surface area is 81.2 Å². The molecule has 1 nitrogen and oxygen atoms in total. The van der Waals surface area contributed by atoms with E-state index in [1.807, 2.05) is 13.8 Å². The van der Waals surface area contributed by atoms with Crippen molar-refractivity contribution in [1.82, 2.24) is 0 Å². The Bertz CT molecular complexity index is 191. The number of carbonyl (C=O) groups excluding carboxylic acids is 1. The van der Waals surface area contributed by atoms with Crippen LogP contribution in [0.15, 0.2) is 12.2 Å². The third-order valence-corrected chi connectivity index (χ3v) is 2.73. The Balaban J connectivity index is 2.51. The van der Waals surface area contributed by atoms with Crippen molar-refractivity contribution < 1.29 is 4.79 Å². The second-order valence-corrected chi connectivity index (χ2v) is 4.25. The molecule has 0 aromatic carbocycles. The number of ketones is 1. The first-order valence-electron chi connectivity index (χ1n) is 5.40. The first-order valence-corrected chi connectivity index (χ1v) is 5.40. The van der Waals surface area contributed by atoms with Crippen LogP contribution in [0.1, 0.15) is 46.0 Å². The van der Waals surface area contributed by atoms with E-state index in [2.05, 4.69) is 12.2 Å². The van der Waals surface area contributed by atoms with Gasteiger partial charge in [-0.1, -0.05) is 32.4 Å². The fourth-order valence-corrected chi connectivity index (χ4v) is 1.88. The van der Waals surface area contributed by atoms with Crippen LogP contribution in [0.3, 0.4) is 0 Å². The highest BCUT2D eigenvalue weighted by molar-refractivity contribution is 5.82. The molecule has 0 fully saturated rings. The van der Waals surface area contributed by atoms with E-state index in [1.165, 1.54) is 19.3 Å². The van der Waals surface area contributed by atoms with Crippen molar-refractivity contribution >= 4 is 5.78 Å². The number of carbonyl (C=O) groups is 1. The lowest BCUT2D eigenvalue weighted by molar-refractivity contribution is -0.126. The molecule has 1 atom stereocenters. The minimum absolute atomic E-state index is 0.206. The topological polar surface area (TPSA) is 17.1 Å². The first kappa shape index (κ1) is 10.5. The lowest BCUT2D eigenvalue weighted by Gasteiger charge is -2.17. The maximum absolute atomic E-state index is 11.7. The first-order chi connectivity index (χ1) is 6.22. The average Bonchev–Trinajstić information content (AvgIpc) is 2.02. The average molecular weight is 180 g/mol. The Morgan fingerprint density at radius 2 is 2.08 bits per heavy atom. The van der Waals surface area contributed by atoms with Gasteiger partial charge in [0, 0.05) is 11.8 Å². The van der Waals surface area contributed by atoms with Crippen LogP contribution < -0.4 is 0 Å². The largest absolute Gasteiger partial charge is 0.299 e. The van der Waals surface area contributed by atoms with Crippen LogP contribution in [0.5, 0.6) is 0 Å². The Kier molecular flexibility index (Phi) is 4.20. The summed E-state index contributed by atoms with van der Waals surface area (Å²) in [6, 6.07) is 0. The summed E-state index contributed by atoms with van der Waals surface area (Å²) in [5.41, 5.74) is 0. The highest BCUT2D eigenvalue weighted by Gasteiger charge is 2.19. The van der Waals surface area contributed by atoms with Gasteiger partial charge in [0.25, 0.3) is 0 Å². The summed E-state index contributed by atoms with van der Waals surface area (Å²) < 4.78 is 0. The molecule has 0 amide bonds. The van der Waals surface area contributed by atoms with Gasteiger partial charge in [0.2, 0.25) is 0 Å². The van der Waals surface area contributed by atoms with Gasteiger partial charge in [0.1, 0.15) is 5.78 Å². The number of rotatable bonds is 2. The second kappa shape index (κ2) is 5.21. The highest BCUT2D eigenvalue weighted by Crippen LogP contribution is 2.21. The zero-order valence-electron chi connectivity index (χ0n) is 8.75. The van der Waals surface area contributed by atoms with Crippen LogP contribution in [-0.4, -0.2) is 5.78 Å². The van der Waals surface area contributed by atoms with Gasteiger partial charge in [-0.25, -0.2) is 0 Å². The zero-order valence-corrected chi connectivity index (χ0v) is 8.75. The van der Waals surface area contributed by atoms with Gasteiger partial charge in [0.15, 0.2) is 0 Å². The molecule has 0 aromatic heterocycles.